The number of carboxylic acids is 1. The summed E-state index contributed by atoms with van der Waals surface area (Å²) in [5.74, 6) is -6.36. The number of hydrogen-bond donors (Lipinski definition) is 5. The second kappa shape index (κ2) is 20.1. The molecule has 1 fully saturated rings. The van der Waals surface area contributed by atoms with Crippen molar-refractivity contribution in [3.8, 4) is 0 Å². The number of aromatic nitrogens is 2. The Morgan fingerprint density at radius 2 is 1.58 bits per heavy atom. The molecule has 1 aromatic heterocycles. The van der Waals surface area contributed by atoms with E-state index < -0.39 is 71.5 Å². The lowest BCUT2D eigenvalue weighted by molar-refractivity contribution is -0.146. The van der Waals surface area contributed by atoms with Gasteiger partial charge in [-0.05, 0) is 42.6 Å². The Bertz CT molecular complexity index is 1590. The van der Waals surface area contributed by atoms with Crippen LogP contribution in [-0.4, -0.2) is 98.0 Å². The third-order valence-electron chi connectivity index (χ3n) is 9.27. The first-order valence-electron chi connectivity index (χ1n) is 18.3. The summed E-state index contributed by atoms with van der Waals surface area (Å²) in [4.78, 5) is 103. The van der Waals surface area contributed by atoms with Gasteiger partial charge in [-0.15, -0.1) is 0 Å². The van der Waals surface area contributed by atoms with Gasteiger partial charge >= 0.3 is 5.97 Å². The average molecular weight is 736 g/mol. The Balaban J connectivity index is 1.79. The molecule has 5 N–H and O–H groups in total. The van der Waals surface area contributed by atoms with Crippen LogP contribution in [0.25, 0.3) is 0 Å². The van der Waals surface area contributed by atoms with Gasteiger partial charge in [-0.25, -0.2) is 9.78 Å². The van der Waals surface area contributed by atoms with Gasteiger partial charge in [0.1, 0.15) is 29.9 Å². The number of carbonyl (C=O) groups is 7. The molecule has 15 heteroatoms. The van der Waals surface area contributed by atoms with Crippen LogP contribution < -0.4 is 21.3 Å². The van der Waals surface area contributed by atoms with E-state index in [1.165, 1.54) is 23.5 Å². The molecule has 288 valence electrons. The topological polar surface area (TPSA) is 217 Å². The molecule has 1 unspecified atom stereocenters. The highest BCUT2D eigenvalue weighted by molar-refractivity contribution is 6.38. The maximum Gasteiger partial charge on any atom is 0.326 e. The van der Waals surface area contributed by atoms with E-state index in [4.69, 9.17) is 0 Å². The highest BCUT2D eigenvalue weighted by atomic mass is 16.4. The lowest BCUT2D eigenvalue weighted by Gasteiger charge is -2.33. The molecule has 0 aliphatic carbocycles. The summed E-state index contributed by atoms with van der Waals surface area (Å²) in [6.07, 6.45) is 5.84. The van der Waals surface area contributed by atoms with Crippen LogP contribution in [0.15, 0.2) is 48.9 Å². The zero-order valence-electron chi connectivity index (χ0n) is 31.3. The molecule has 2 heterocycles. The van der Waals surface area contributed by atoms with Gasteiger partial charge in [-0.1, -0.05) is 84.7 Å². The number of ketones is 1. The van der Waals surface area contributed by atoms with Crippen molar-refractivity contribution in [3.63, 3.8) is 0 Å². The molecule has 0 radical (unpaired) electrons. The fraction of sp³-hybridized carbons (Fsp3) is 0.553. The minimum atomic E-state index is -1.37. The Morgan fingerprint density at radius 3 is 2.15 bits per heavy atom. The van der Waals surface area contributed by atoms with E-state index in [-0.39, 0.29) is 49.3 Å². The van der Waals surface area contributed by atoms with Crippen molar-refractivity contribution in [2.45, 2.75) is 110 Å². The molecule has 5 amide bonds. The number of rotatable bonds is 19. The molecule has 1 aliphatic rings. The van der Waals surface area contributed by atoms with Crippen molar-refractivity contribution >= 4 is 41.3 Å². The fourth-order valence-corrected chi connectivity index (χ4v) is 6.46. The van der Waals surface area contributed by atoms with Crippen LogP contribution in [0, 0.1) is 17.8 Å². The summed E-state index contributed by atoms with van der Waals surface area (Å²) in [5.41, 5.74) is 0.685. The summed E-state index contributed by atoms with van der Waals surface area (Å²) in [7, 11) is 0. The van der Waals surface area contributed by atoms with E-state index in [9.17, 15) is 38.7 Å². The summed E-state index contributed by atoms with van der Waals surface area (Å²) in [5, 5.41) is 20.3. The van der Waals surface area contributed by atoms with Crippen LogP contribution in [0.1, 0.15) is 89.7 Å². The number of nitrogens with one attached hydrogen (secondary N) is 4. The van der Waals surface area contributed by atoms with Crippen LogP contribution in [0.5, 0.6) is 0 Å². The second-order valence-corrected chi connectivity index (χ2v) is 14.2. The largest absolute Gasteiger partial charge is 0.480 e. The van der Waals surface area contributed by atoms with E-state index in [0.29, 0.717) is 24.8 Å². The lowest BCUT2D eigenvalue weighted by atomic mass is 9.95. The Morgan fingerprint density at radius 1 is 0.887 bits per heavy atom. The van der Waals surface area contributed by atoms with Crippen LogP contribution in [-0.2, 0) is 35.2 Å². The number of Topliss-reactive ketones (excluding diaryl/α,β-unsaturated/α-hetero) is 1. The Hall–Kier alpha value is -5.21. The third kappa shape index (κ3) is 11.9. The zero-order chi connectivity index (χ0) is 39.2. The number of carbonyl (C=O) groups excluding carboxylic acids is 6. The summed E-state index contributed by atoms with van der Waals surface area (Å²) in [6.45, 7) is 11.2. The van der Waals surface area contributed by atoms with Gasteiger partial charge in [-0.3, -0.25) is 33.8 Å². The molecule has 53 heavy (non-hydrogen) atoms. The first-order chi connectivity index (χ1) is 25.2. The number of aliphatic carboxylic acids is 1. The van der Waals surface area contributed by atoms with Gasteiger partial charge in [0.25, 0.3) is 11.8 Å². The standard InChI is InChI=1S/C38H53N7O8/c1-7-12-26(32(46)36(50)43-28(38(52)53)20-24-13-10-9-11-14-24)41-35(49)31-25(8-2)15-18-45(31)37(51)27(19-22(3)4)42-34(48)30(23(5)6)44-33(47)29-21-39-16-17-40-29/h9-11,13-14,16-17,21-23,25-28,30-31H,7-8,12,15,18-20H2,1-6H3,(H,41,49)(H,42,48)(H,43,50)(H,44,47)(H,52,53)/t25-,26?,27-,28-,30-,31-/m0/s1. The maximum absolute atomic E-state index is 14.3. The van der Waals surface area contributed by atoms with Crippen molar-refractivity contribution in [2.24, 2.45) is 17.8 Å². The summed E-state index contributed by atoms with van der Waals surface area (Å²) >= 11 is 0. The van der Waals surface area contributed by atoms with Crippen molar-refractivity contribution in [1.29, 1.82) is 0 Å². The Labute approximate surface area is 310 Å². The smallest absolute Gasteiger partial charge is 0.326 e. The van der Waals surface area contributed by atoms with Crippen LogP contribution in [0.3, 0.4) is 0 Å². The monoisotopic (exact) mass is 735 g/mol. The predicted octanol–water partition coefficient (Wildman–Crippen LogP) is 2.06. The average Bonchev–Trinajstić information content (AvgIpc) is 3.57. The van der Waals surface area contributed by atoms with Gasteiger partial charge in [-0.2, -0.15) is 0 Å². The van der Waals surface area contributed by atoms with Crippen molar-refractivity contribution in [3.05, 3.63) is 60.2 Å². The maximum atomic E-state index is 14.3. The molecule has 3 rings (SSSR count). The summed E-state index contributed by atoms with van der Waals surface area (Å²) < 4.78 is 0. The van der Waals surface area contributed by atoms with Gasteiger partial charge in [0.05, 0.1) is 12.2 Å². The molecule has 2 aromatic rings. The van der Waals surface area contributed by atoms with E-state index in [1.807, 2.05) is 20.8 Å². The van der Waals surface area contributed by atoms with E-state index >= 15 is 0 Å². The van der Waals surface area contributed by atoms with Crippen LogP contribution in [0.2, 0.25) is 0 Å². The molecule has 0 saturated carbocycles. The van der Waals surface area contributed by atoms with Crippen LogP contribution in [0.4, 0.5) is 0 Å². The number of likely N-dealkylation sites (tertiary alicyclic amines) is 1. The number of nitrogens with zero attached hydrogens (tertiary/aromatic N) is 3. The second-order valence-electron chi connectivity index (χ2n) is 14.2. The normalized spacial score (nSPS) is 17.7. The molecule has 0 spiro atoms. The van der Waals surface area contributed by atoms with Gasteiger partial charge in [0.2, 0.25) is 23.5 Å². The SMILES string of the molecule is CCCC(NC(=O)[C@@H]1[C@@H](CC)CCN1C(=O)[C@H](CC(C)C)NC(=O)[C@@H](NC(=O)c1cnccn1)C(C)C)C(=O)C(=O)N[C@@H](Cc1ccccc1)C(=O)O. The molecule has 1 aromatic carbocycles. The van der Waals surface area contributed by atoms with Crippen molar-refractivity contribution in [1.82, 2.24) is 36.1 Å². The predicted molar refractivity (Wildman–Crippen MR) is 195 cm³/mol. The minimum Gasteiger partial charge on any atom is -0.480 e. The molecule has 0 bridgehead atoms. The van der Waals surface area contributed by atoms with E-state index in [0.717, 1.165) is 0 Å². The molecule has 15 nitrogen and oxygen atoms in total. The molecule has 1 aliphatic heterocycles. The highest BCUT2D eigenvalue weighted by Gasteiger charge is 2.44. The van der Waals surface area contributed by atoms with Gasteiger partial charge in [0.15, 0.2) is 0 Å². The minimum absolute atomic E-state index is 0.0310. The number of hydrogen-bond acceptors (Lipinski definition) is 9. The molecular weight excluding hydrogens is 682 g/mol. The Kier molecular flexibility index (Phi) is 16.0. The number of amides is 5. The highest BCUT2D eigenvalue weighted by Crippen LogP contribution is 2.29. The summed E-state index contributed by atoms with van der Waals surface area (Å²) in [6, 6.07) is 3.01. The van der Waals surface area contributed by atoms with Crippen molar-refractivity contribution in [2.75, 3.05) is 6.54 Å². The molecule has 1 saturated heterocycles. The third-order valence-corrected chi connectivity index (χ3v) is 9.27. The molecular formula is C38H53N7O8. The quantitative estimate of drug-likeness (QED) is 0.132. The van der Waals surface area contributed by atoms with Gasteiger partial charge < -0.3 is 31.3 Å². The number of carboxylic acid groups (broad SMARTS) is 1. The van der Waals surface area contributed by atoms with Gasteiger partial charge in [0, 0.05) is 25.4 Å². The first-order valence-corrected chi connectivity index (χ1v) is 18.3. The lowest BCUT2D eigenvalue weighted by Crippen LogP contribution is -2.59. The van der Waals surface area contributed by atoms with Crippen molar-refractivity contribution < 1.29 is 38.7 Å². The van der Waals surface area contributed by atoms with E-state index in [1.54, 1.807) is 51.1 Å². The first kappa shape index (κ1) is 42.2. The van der Waals surface area contributed by atoms with E-state index in [2.05, 4.69) is 31.2 Å². The van der Waals surface area contributed by atoms with Crippen LogP contribution >= 0.6 is 0 Å². The fourth-order valence-electron chi connectivity index (χ4n) is 6.46. The zero-order valence-corrected chi connectivity index (χ0v) is 31.3. The number of benzene rings is 1. The molecule has 6 atom stereocenters.